The van der Waals surface area contributed by atoms with Crippen LogP contribution in [0.5, 0.6) is 0 Å². The van der Waals surface area contributed by atoms with Gasteiger partial charge in [-0.25, -0.2) is 9.78 Å². The average Bonchev–Trinajstić information content (AvgIpc) is 3.19. The van der Waals surface area contributed by atoms with Gasteiger partial charge in [0.1, 0.15) is 11.0 Å². The second kappa shape index (κ2) is 8.74. The number of aromatic nitrogens is 4. The first-order valence-corrected chi connectivity index (χ1v) is 8.15. The second-order valence-electron chi connectivity index (χ2n) is 5.57. The van der Waals surface area contributed by atoms with Crippen LogP contribution in [-0.4, -0.2) is 42.9 Å². The van der Waals surface area contributed by atoms with Gasteiger partial charge in [-0.2, -0.15) is 18.3 Å². The summed E-state index contributed by atoms with van der Waals surface area (Å²) in [5.41, 5.74) is 1.47. The van der Waals surface area contributed by atoms with E-state index in [1.165, 1.54) is 0 Å². The first-order chi connectivity index (χ1) is 13.1. The van der Waals surface area contributed by atoms with Gasteiger partial charge in [-0.3, -0.25) is 9.89 Å². The molecule has 8 nitrogen and oxygen atoms in total. The molecule has 0 aliphatic rings. The summed E-state index contributed by atoms with van der Waals surface area (Å²) >= 11 is 5.99. The van der Waals surface area contributed by atoms with Crippen molar-refractivity contribution in [1.82, 2.24) is 19.7 Å². The number of nitrogens with one attached hydrogen (secondary N) is 2. The Balaban J connectivity index is 0.000000345. The van der Waals surface area contributed by atoms with Gasteiger partial charge < -0.3 is 15.0 Å². The average molecular weight is 418 g/mol. The normalized spacial score (nSPS) is 11.0. The minimum Gasteiger partial charge on any atom is -0.475 e. The largest absolute Gasteiger partial charge is 0.490 e. The van der Waals surface area contributed by atoms with Crippen molar-refractivity contribution < 1.29 is 27.9 Å². The van der Waals surface area contributed by atoms with E-state index >= 15 is 0 Å². The Labute approximate surface area is 161 Å². The van der Waals surface area contributed by atoms with Crippen molar-refractivity contribution in [3.63, 3.8) is 0 Å². The van der Waals surface area contributed by atoms with Crippen molar-refractivity contribution >= 4 is 40.1 Å². The van der Waals surface area contributed by atoms with E-state index in [4.69, 9.17) is 21.5 Å². The molecular formula is C16H15ClF3N5O3. The molecule has 0 atom stereocenters. The van der Waals surface area contributed by atoms with Crippen molar-refractivity contribution in [2.45, 2.75) is 19.0 Å². The zero-order valence-corrected chi connectivity index (χ0v) is 15.2. The fourth-order valence-corrected chi connectivity index (χ4v) is 2.34. The summed E-state index contributed by atoms with van der Waals surface area (Å²) in [7, 11) is 1.91. The number of carbonyl (C=O) groups is 2. The number of anilines is 1. The van der Waals surface area contributed by atoms with E-state index in [9.17, 15) is 18.0 Å². The number of imidazole rings is 1. The van der Waals surface area contributed by atoms with Gasteiger partial charge in [-0.15, -0.1) is 0 Å². The Morgan fingerprint density at radius 2 is 2.04 bits per heavy atom. The van der Waals surface area contributed by atoms with Gasteiger partial charge in [0.2, 0.25) is 5.91 Å². The molecular weight excluding hydrogens is 403 g/mol. The van der Waals surface area contributed by atoms with Gasteiger partial charge in [0, 0.05) is 43.4 Å². The highest BCUT2D eigenvalue weighted by atomic mass is 35.5. The number of fused-ring (bicyclic) bond motifs is 1. The number of benzene rings is 1. The minimum atomic E-state index is -5.08. The van der Waals surface area contributed by atoms with Crippen LogP contribution in [0.2, 0.25) is 5.15 Å². The van der Waals surface area contributed by atoms with E-state index < -0.39 is 12.1 Å². The Kier molecular flexibility index (Phi) is 6.62. The standard InChI is InChI=1S/C14H14ClN5O.C2HF3O2/c1-20-7-6-16-12(20)4-5-13(21)17-9-2-3-11-10(8-9)14(15)19-18-11;3-2(4,5)1(6)7/h2-3,6-8H,4-5H2,1H3,(H,17,21)(H,18,19);(H,6,7). The summed E-state index contributed by atoms with van der Waals surface area (Å²) in [5.74, 6) is -1.93. The number of aromatic amines is 1. The van der Waals surface area contributed by atoms with E-state index in [-0.39, 0.29) is 5.91 Å². The van der Waals surface area contributed by atoms with Gasteiger partial charge in [0.05, 0.1) is 5.52 Å². The summed E-state index contributed by atoms with van der Waals surface area (Å²) in [4.78, 5) is 25.1. The summed E-state index contributed by atoms with van der Waals surface area (Å²) in [6.07, 6.45) is -0.518. The van der Waals surface area contributed by atoms with Crippen LogP contribution in [0, 0.1) is 0 Å². The van der Waals surface area contributed by atoms with Crippen LogP contribution < -0.4 is 5.32 Å². The highest BCUT2D eigenvalue weighted by Gasteiger charge is 2.38. The third-order valence-electron chi connectivity index (χ3n) is 3.53. The van der Waals surface area contributed by atoms with Gasteiger partial charge in [-0.1, -0.05) is 11.6 Å². The highest BCUT2D eigenvalue weighted by molar-refractivity contribution is 6.34. The molecule has 3 rings (SSSR count). The maximum Gasteiger partial charge on any atom is 0.490 e. The number of rotatable bonds is 4. The van der Waals surface area contributed by atoms with Crippen LogP contribution in [0.15, 0.2) is 30.6 Å². The molecule has 0 aliphatic carbocycles. The van der Waals surface area contributed by atoms with E-state index in [0.29, 0.717) is 23.7 Å². The molecule has 3 aromatic rings. The smallest absolute Gasteiger partial charge is 0.475 e. The third-order valence-corrected chi connectivity index (χ3v) is 3.82. The second-order valence-corrected chi connectivity index (χ2v) is 5.95. The van der Waals surface area contributed by atoms with Gasteiger partial charge in [0.15, 0.2) is 0 Å². The van der Waals surface area contributed by atoms with Crippen molar-refractivity contribution in [3.05, 3.63) is 41.6 Å². The molecule has 0 radical (unpaired) electrons. The number of hydrogen-bond acceptors (Lipinski definition) is 4. The number of hydrogen-bond donors (Lipinski definition) is 3. The lowest BCUT2D eigenvalue weighted by atomic mass is 10.2. The number of aryl methyl sites for hydroxylation is 2. The zero-order valence-electron chi connectivity index (χ0n) is 14.4. The SMILES string of the molecule is Cn1ccnc1CCC(=O)Nc1ccc2n[nH]c(Cl)c2c1.O=C(O)C(F)(F)F. The molecule has 0 fully saturated rings. The van der Waals surface area contributed by atoms with Gasteiger partial charge in [-0.05, 0) is 18.2 Å². The van der Waals surface area contributed by atoms with Crippen LogP contribution in [0.25, 0.3) is 10.9 Å². The number of carbonyl (C=O) groups excluding carboxylic acids is 1. The lowest BCUT2D eigenvalue weighted by Gasteiger charge is -2.05. The Bertz CT molecular complexity index is 983. The van der Waals surface area contributed by atoms with Crippen LogP contribution in [0.1, 0.15) is 12.2 Å². The molecule has 0 aliphatic heterocycles. The van der Waals surface area contributed by atoms with Gasteiger partial charge in [0.25, 0.3) is 0 Å². The molecule has 3 N–H and O–H groups in total. The number of carboxylic acids is 1. The lowest BCUT2D eigenvalue weighted by molar-refractivity contribution is -0.192. The number of nitrogens with zero attached hydrogens (tertiary/aromatic N) is 3. The first kappa shape index (κ1) is 21.2. The van der Waals surface area contributed by atoms with Gasteiger partial charge >= 0.3 is 12.1 Å². The topological polar surface area (TPSA) is 113 Å². The zero-order chi connectivity index (χ0) is 20.9. The van der Waals surface area contributed by atoms with E-state index in [1.807, 2.05) is 23.9 Å². The van der Waals surface area contributed by atoms with E-state index in [2.05, 4.69) is 20.5 Å². The van der Waals surface area contributed by atoms with E-state index in [0.717, 1.165) is 16.7 Å². The molecule has 1 aromatic carbocycles. The van der Waals surface area contributed by atoms with Crippen LogP contribution in [0.3, 0.4) is 0 Å². The molecule has 150 valence electrons. The maximum absolute atomic E-state index is 12.0. The predicted molar refractivity (Wildman–Crippen MR) is 95.0 cm³/mol. The van der Waals surface area contributed by atoms with Crippen molar-refractivity contribution in [1.29, 1.82) is 0 Å². The number of H-pyrrole nitrogens is 1. The monoisotopic (exact) mass is 417 g/mol. The summed E-state index contributed by atoms with van der Waals surface area (Å²) < 4.78 is 33.6. The quantitative estimate of drug-likeness (QED) is 0.603. The Morgan fingerprint density at radius 3 is 2.61 bits per heavy atom. The number of carboxylic acid groups (broad SMARTS) is 1. The number of halogens is 4. The van der Waals surface area contributed by atoms with Crippen molar-refractivity contribution in [3.8, 4) is 0 Å². The first-order valence-electron chi connectivity index (χ1n) is 7.77. The van der Waals surface area contributed by atoms with Crippen molar-refractivity contribution in [2.75, 3.05) is 5.32 Å². The lowest BCUT2D eigenvalue weighted by Crippen LogP contribution is -2.21. The molecule has 2 aromatic heterocycles. The Hall–Kier alpha value is -3.08. The van der Waals surface area contributed by atoms with Crippen molar-refractivity contribution in [2.24, 2.45) is 7.05 Å². The van der Waals surface area contributed by atoms with Crippen LogP contribution in [0.4, 0.5) is 18.9 Å². The highest BCUT2D eigenvalue weighted by Crippen LogP contribution is 2.23. The number of aliphatic carboxylic acids is 1. The molecule has 1 amide bonds. The molecule has 12 heteroatoms. The molecule has 28 heavy (non-hydrogen) atoms. The fraction of sp³-hybridized carbons (Fsp3) is 0.250. The molecule has 0 bridgehead atoms. The summed E-state index contributed by atoms with van der Waals surface area (Å²) in [5, 5.41) is 18.0. The minimum absolute atomic E-state index is 0.0584. The predicted octanol–water partition coefficient (Wildman–Crippen LogP) is 3.15. The molecule has 0 saturated carbocycles. The van der Waals surface area contributed by atoms with Crippen LogP contribution in [-0.2, 0) is 23.1 Å². The molecule has 2 heterocycles. The van der Waals surface area contributed by atoms with E-state index in [1.54, 1.807) is 18.3 Å². The Morgan fingerprint density at radius 1 is 1.36 bits per heavy atom. The molecule has 0 spiro atoms. The summed E-state index contributed by atoms with van der Waals surface area (Å²) in [6.45, 7) is 0. The number of amides is 1. The molecule has 0 unspecified atom stereocenters. The maximum atomic E-state index is 12.0. The number of alkyl halides is 3. The van der Waals surface area contributed by atoms with Crippen LogP contribution >= 0.6 is 11.6 Å². The fourth-order valence-electron chi connectivity index (χ4n) is 2.14. The molecule has 0 saturated heterocycles. The third kappa shape index (κ3) is 5.71. The summed E-state index contributed by atoms with van der Waals surface area (Å²) in [6, 6.07) is 5.42.